The minimum absolute atomic E-state index is 0.180. The average Bonchev–Trinajstić information content (AvgIpc) is 2.39. The number of carbonyl (C=O) groups is 2. The highest BCUT2D eigenvalue weighted by molar-refractivity contribution is 9.10. The van der Waals surface area contributed by atoms with Crippen LogP contribution in [0.25, 0.3) is 0 Å². The second-order valence-electron chi connectivity index (χ2n) is 4.18. The second-order valence-corrected chi connectivity index (χ2v) is 5.03. The zero-order chi connectivity index (χ0) is 14.6. The van der Waals surface area contributed by atoms with E-state index in [0.717, 1.165) is 6.07 Å². The predicted molar refractivity (Wildman–Crippen MR) is 74.3 cm³/mol. The normalized spacial score (nSPS) is 11.8. The van der Waals surface area contributed by atoms with Crippen LogP contribution in [0.1, 0.15) is 24.2 Å². The van der Waals surface area contributed by atoms with Crippen molar-refractivity contribution in [1.82, 2.24) is 10.2 Å². The standard InChI is InChI=1S/C13H16BrFN2O2/c1-4-17(3)13(19)8(2)16-12(18)9-5-6-10(14)11(15)7-9/h5-8H,4H2,1-3H3,(H,16,18). The van der Waals surface area contributed by atoms with E-state index in [2.05, 4.69) is 21.2 Å². The number of benzene rings is 1. The molecule has 1 rings (SSSR count). The summed E-state index contributed by atoms with van der Waals surface area (Å²) in [5.41, 5.74) is 0.180. The minimum Gasteiger partial charge on any atom is -0.344 e. The topological polar surface area (TPSA) is 49.4 Å². The summed E-state index contributed by atoms with van der Waals surface area (Å²) >= 11 is 3.01. The third-order valence-electron chi connectivity index (χ3n) is 2.75. The van der Waals surface area contributed by atoms with Crippen LogP contribution in [0.5, 0.6) is 0 Å². The van der Waals surface area contributed by atoms with Gasteiger partial charge < -0.3 is 10.2 Å². The van der Waals surface area contributed by atoms with Crippen molar-refractivity contribution in [2.45, 2.75) is 19.9 Å². The number of hydrogen-bond donors (Lipinski definition) is 1. The molecule has 2 amide bonds. The fourth-order valence-corrected chi connectivity index (χ4v) is 1.71. The van der Waals surface area contributed by atoms with E-state index >= 15 is 0 Å². The van der Waals surface area contributed by atoms with E-state index in [4.69, 9.17) is 0 Å². The van der Waals surface area contributed by atoms with Crippen molar-refractivity contribution in [2.24, 2.45) is 0 Å². The van der Waals surface area contributed by atoms with Crippen LogP contribution in [0.4, 0.5) is 4.39 Å². The summed E-state index contributed by atoms with van der Waals surface area (Å²) in [6.45, 7) is 4.00. The van der Waals surface area contributed by atoms with Crippen LogP contribution >= 0.6 is 15.9 Å². The number of hydrogen-bond acceptors (Lipinski definition) is 2. The van der Waals surface area contributed by atoms with E-state index in [1.54, 1.807) is 14.0 Å². The molecule has 0 heterocycles. The van der Waals surface area contributed by atoms with Gasteiger partial charge in [0.25, 0.3) is 5.91 Å². The monoisotopic (exact) mass is 330 g/mol. The first-order valence-corrected chi connectivity index (χ1v) is 6.67. The first-order valence-electron chi connectivity index (χ1n) is 5.87. The predicted octanol–water partition coefficient (Wildman–Crippen LogP) is 2.18. The van der Waals surface area contributed by atoms with E-state index in [0.29, 0.717) is 11.0 Å². The molecule has 1 atom stereocenters. The molecule has 6 heteroatoms. The molecule has 0 aliphatic carbocycles. The molecule has 4 nitrogen and oxygen atoms in total. The molecular formula is C13H16BrFN2O2. The van der Waals surface area contributed by atoms with Crippen LogP contribution in [0.3, 0.4) is 0 Å². The maximum Gasteiger partial charge on any atom is 0.252 e. The molecule has 1 N–H and O–H groups in total. The molecule has 0 saturated heterocycles. The van der Waals surface area contributed by atoms with Gasteiger partial charge in [-0.05, 0) is 48.0 Å². The van der Waals surface area contributed by atoms with Gasteiger partial charge in [0.2, 0.25) is 5.91 Å². The molecule has 1 unspecified atom stereocenters. The molecule has 0 radical (unpaired) electrons. The van der Waals surface area contributed by atoms with Crippen LogP contribution in [0.15, 0.2) is 22.7 Å². The van der Waals surface area contributed by atoms with Gasteiger partial charge in [0.1, 0.15) is 11.9 Å². The molecular weight excluding hydrogens is 315 g/mol. The van der Waals surface area contributed by atoms with Gasteiger partial charge in [-0.1, -0.05) is 0 Å². The lowest BCUT2D eigenvalue weighted by Crippen LogP contribution is -2.45. The van der Waals surface area contributed by atoms with Gasteiger partial charge in [0.05, 0.1) is 4.47 Å². The maximum absolute atomic E-state index is 13.3. The Morgan fingerprint density at radius 2 is 2.11 bits per heavy atom. The van der Waals surface area contributed by atoms with Gasteiger partial charge in [-0.25, -0.2) is 4.39 Å². The highest BCUT2D eigenvalue weighted by Crippen LogP contribution is 2.16. The lowest BCUT2D eigenvalue weighted by molar-refractivity contribution is -0.131. The van der Waals surface area contributed by atoms with Crippen molar-refractivity contribution in [3.05, 3.63) is 34.1 Å². The van der Waals surface area contributed by atoms with Gasteiger partial charge in [-0.15, -0.1) is 0 Å². The van der Waals surface area contributed by atoms with Gasteiger partial charge in [-0.2, -0.15) is 0 Å². The zero-order valence-corrected chi connectivity index (χ0v) is 12.6. The third-order valence-corrected chi connectivity index (χ3v) is 3.39. The Morgan fingerprint density at radius 3 is 2.63 bits per heavy atom. The number of rotatable bonds is 4. The lowest BCUT2D eigenvalue weighted by Gasteiger charge is -2.20. The van der Waals surface area contributed by atoms with Gasteiger partial charge in [0, 0.05) is 19.2 Å². The van der Waals surface area contributed by atoms with Crippen LogP contribution in [-0.4, -0.2) is 36.3 Å². The highest BCUT2D eigenvalue weighted by Gasteiger charge is 2.19. The third kappa shape index (κ3) is 4.02. The largest absolute Gasteiger partial charge is 0.344 e. The molecule has 104 valence electrons. The van der Waals surface area contributed by atoms with E-state index in [-0.39, 0.29) is 11.5 Å². The molecule has 0 aromatic heterocycles. The van der Waals surface area contributed by atoms with Crippen molar-refractivity contribution in [1.29, 1.82) is 0 Å². The van der Waals surface area contributed by atoms with Crippen molar-refractivity contribution in [3.63, 3.8) is 0 Å². The number of halogens is 2. The van der Waals surface area contributed by atoms with Gasteiger partial charge >= 0.3 is 0 Å². The molecule has 1 aromatic carbocycles. The first-order chi connectivity index (χ1) is 8.86. The number of amides is 2. The van der Waals surface area contributed by atoms with E-state index < -0.39 is 17.8 Å². The molecule has 0 aliphatic rings. The summed E-state index contributed by atoms with van der Waals surface area (Å²) in [5, 5.41) is 2.55. The van der Waals surface area contributed by atoms with Crippen LogP contribution in [0.2, 0.25) is 0 Å². The van der Waals surface area contributed by atoms with Gasteiger partial charge in [0.15, 0.2) is 0 Å². The summed E-state index contributed by atoms with van der Waals surface area (Å²) < 4.78 is 13.6. The summed E-state index contributed by atoms with van der Waals surface area (Å²) in [4.78, 5) is 25.2. The fraction of sp³-hybridized carbons (Fsp3) is 0.385. The van der Waals surface area contributed by atoms with E-state index in [9.17, 15) is 14.0 Å². The fourth-order valence-electron chi connectivity index (χ4n) is 1.47. The Hall–Kier alpha value is -1.43. The van der Waals surface area contributed by atoms with Crippen LogP contribution in [0, 0.1) is 5.82 Å². The summed E-state index contributed by atoms with van der Waals surface area (Å²) in [6, 6.07) is 3.42. The SMILES string of the molecule is CCN(C)C(=O)C(C)NC(=O)c1ccc(Br)c(F)c1. The molecule has 1 aromatic rings. The van der Waals surface area contributed by atoms with E-state index in [1.165, 1.54) is 17.0 Å². The molecule has 0 saturated carbocycles. The van der Waals surface area contributed by atoms with Crippen molar-refractivity contribution < 1.29 is 14.0 Å². The smallest absolute Gasteiger partial charge is 0.252 e. The van der Waals surface area contributed by atoms with Crippen molar-refractivity contribution in [3.8, 4) is 0 Å². The summed E-state index contributed by atoms with van der Waals surface area (Å²) in [6.07, 6.45) is 0. The zero-order valence-electron chi connectivity index (χ0n) is 11.0. The molecule has 19 heavy (non-hydrogen) atoms. The lowest BCUT2D eigenvalue weighted by atomic mass is 10.2. The number of nitrogens with zero attached hydrogens (tertiary/aromatic N) is 1. The molecule has 0 bridgehead atoms. The Bertz CT molecular complexity index is 494. The van der Waals surface area contributed by atoms with Crippen LogP contribution < -0.4 is 5.32 Å². The Morgan fingerprint density at radius 1 is 1.47 bits per heavy atom. The van der Waals surface area contributed by atoms with Gasteiger partial charge in [-0.3, -0.25) is 9.59 Å². The number of likely N-dealkylation sites (N-methyl/N-ethyl adjacent to an activating group) is 1. The maximum atomic E-state index is 13.3. The molecule has 0 fully saturated rings. The van der Waals surface area contributed by atoms with Crippen molar-refractivity contribution in [2.75, 3.05) is 13.6 Å². The molecule has 0 spiro atoms. The van der Waals surface area contributed by atoms with E-state index in [1.807, 2.05) is 6.92 Å². The highest BCUT2D eigenvalue weighted by atomic mass is 79.9. The average molecular weight is 331 g/mol. The number of nitrogens with one attached hydrogen (secondary N) is 1. The summed E-state index contributed by atoms with van der Waals surface area (Å²) in [7, 11) is 1.66. The minimum atomic E-state index is -0.649. The first kappa shape index (κ1) is 15.6. The molecule has 0 aliphatic heterocycles. The number of carbonyl (C=O) groups excluding carboxylic acids is 2. The van der Waals surface area contributed by atoms with Crippen LogP contribution in [-0.2, 0) is 4.79 Å². The summed E-state index contributed by atoms with van der Waals surface area (Å²) in [5.74, 6) is -1.18. The Balaban J connectivity index is 2.74. The van der Waals surface area contributed by atoms with Crippen molar-refractivity contribution >= 4 is 27.7 Å². The quantitative estimate of drug-likeness (QED) is 0.919. The Labute approximate surface area is 120 Å². The Kier molecular flexibility index (Phi) is 5.47. The second kappa shape index (κ2) is 6.65.